The van der Waals surface area contributed by atoms with E-state index < -0.39 is 0 Å². The molecule has 0 aliphatic heterocycles. The van der Waals surface area contributed by atoms with Crippen LogP contribution in [0.15, 0.2) is 142 Å². The molecule has 3 heterocycles. The van der Waals surface area contributed by atoms with Crippen LogP contribution in [0.3, 0.4) is 0 Å². The van der Waals surface area contributed by atoms with Crippen molar-refractivity contribution in [3.05, 3.63) is 139 Å². The highest BCUT2D eigenvalue weighted by atomic mass is 16.4. The van der Waals surface area contributed by atoms with Gasteiger partial charge < -0.3 is 13.4 Å². The monoisotopic (exact) mass is 578 g/mol. The zero-order valence-corrected chi connectivity index (χ0v) is 23.8. The molecule has 0 fully saturated rings. The van der Waals surface area contributed by atoms with Gasteiger partial charge in [-0.15, -0.1) is 0 Å². The highest BCUT2D eigenvalue weighted by Gasteiger charge is 2.18. The largest absolute Gasteiger partial charge is 0.436 e. The Kier molecular flexibility index (Phi) is 5.46. The van der Waals surface area contributed by atoms with Crippen molar-refractivity contribution in [3.63, 3.8) is 0 Å². The molecule has 9 aromatic rings. The number of aromatic nitrogens is 3. The predicted octanol–water partition coefficient (Wildman–Crippen LogP) is 9.94. The normalized spacial score (nSPS) is 11.5. The highest BCUT2D eigenvalue weighted by Crippen LogP contribution is 2.38. The molecule has 0 aliphatic carbocycles. The Bertz CT molecular complexity index is 2440. The Labute approximate surface area is 257 Å². The van der Waals surface area contributed by atoms with Crippen molar-refractivity contribution in [3.8, 4) is 45.8 Å². The minimum Gasteiger partial charge on any atom is -0.436 e. The molecule has 0 spiro atoms. The third-order valence-electron chi connectivity index (χ3n) is 8.31. The summed E-state index contributed by atoms with van der Waals surface area (Å²) in [5, 5.41) is 11.9. The second-order valence-electron chi connectivity index (χ2n) is 11.0. The smallest absolute Gasteiger partial charge is 0.227 e. The van der Waals surface area contributed by atoms with Crippen LogP contribution in [-0.2, 0) is 0 Å². The van der Waals surface area contributed by atoms with E-state index in [2.05, 4.69) is 59.2 Å². The van der Waals surface area contributed by atoms with Crippen LogP contribution in [0.25, 0.3) is 83.7 Å². The lowest BCUT2D eigenvalue weighted by Gasteiger charge is -2.11. The topological polar surface area (TPSA) is 80.8 Å². The number of hydrogen-bond donors (Lipinski definition) is 0. The number of rotatable bonds is 4. The summed E-state index contributed by atoms with van der Waals surface area (Å²) in [6.45, 7) is 0. The lowest BCUT2D eigenvalue weighted by Crippen LogP contribution is -1.95. The zero-order chi connectivity index (χ0) is 29.9. The number of oxazole rings is 2. The van der Waals surface area contributed by atoms with E-state index in [1.165, 1.54) is 0 Å². The number of nitriles is 1. The van der Waals surface area contributed by atoms with Gasteiger partial charge in [0.1, 0.15) is 11.0 Å². The fourth-order valence-corrected chi connectivity index (χ4v) is 6.20. The summed E-state index contributed by atoms with van der Waals surface area (Å²) < 4.78 is 14.6. The first kappa shape index (κ1) is 25.1. The number of fused-ring (bicyclic) bond motifs is 5. The highest BCUT2D eigenvalue weighted by molar-refractivity contribution is 6.11. The fourth-order valence-electron chi connectivity index (χ4n) is 6.20. The molecule has 0 saturated carbocycles. The van der Waals surface area contributed by atoms with Crippen LogP contribution in [0.2, 0.25) is 0 Å². The Hall–Kier alpha value is -6.45. The van der Waals surface area contributed by atoms with E-state index in [-0.39, 0.29) is 0 Å². The maximum atomic E-state index is 9.77. The molecule has 45 heavy (non-hydrogen) atoms. The van der Waals surface area contributed by atoms with Gasteiger partial charge in [0, 0.05) is 27.6 Å². The van der Waals surface area contributed by atoms with Gasteiger partial charge in [-0.05, 0) is 90.0 Å². The van der Waals surface area contributed by atoms with E-state index in [0.717, 1.165) is 71.9 Å². The fraction of sp³-hybridized carbons (Fsp3) is 0. The molecule has 9 rings (SSSR count). The van der Waals surface area contributed by atoms with Gasteiger partial charge in [0.2, 0.25) is 11.8 Å². The summed E-state index contributed by atoms with van der Waals surface area (Å²) in [6.07, 6.45) is 0. The first-order valence-electron chi connectivity index (χ1n) is 14.6. The second kappa shape index (κ2) is 9.80. The minimum atomic E-state index is 0.573. The third-order valence-corrected chi connectivity index (χ3v) is 8.31. The average Bonchev–Trinajstić information content (AvgIpc) is 3.81. The molecule has 3 aromatic heterocycles. The summed E-state index contributed by atoms with van der Waals surface area (Å²) in [5.41, 5.74) is 10.5. The number of nitrogens with zero attached hydrogens (tertiary/aromatic N) is 4. The van der Waals surface area contributed by atoms with Gasteiger partial charge >= 0.3 is 0 Å². The van der Waals surface area contributed by atoms with Gasteiger partial charge in [0.25, 0.3) is 0 Å². The van der Waals surface area contributed by atoms with Crippen molar-refractivity contribution in [2.75, 3.05) is 0 Å². The molecule has 0 atom stereocenters. The quantitative estimate of drug-likeness (QED) is 0.208. The summed E-state index contributed by atoms with van der Waals surface area (Å²) >= 11 is 0. The Morgan fingerprint density at radius 2 is 1.11 bits per heavy atom. The molecule has 0 aliphatic rings. The molecule has 0 N–H and O–H groups in total. The summed E-state index contributed by atoms with van der Waals surface area (Å²) in [4.78, 5) is 9.52. The molecule has 0 amide bonds. The van der Waals surface area contributed by atoms with Crippen molar-refractivity contribution in [2.24, 2.45) is 0 Å². The molecule has 210 valence electrons. The maximum absolute atomic E-state index is 9.77. The van der Waals surface area contributed by atoms with Crippen LogP contribution in [0, 0.1) is 11.3 Å². The lowest BCUT2D eigenvalue weighted by atomic mass is 10.00. The van der Waals surface area contributed by atoms with E-state index in [4.69, 9.17) is 18.8 Å². The molecule has 0 bridgehead atoms. The number of para-hydroxylation sites is 4. The standard InChI is InChI=1S/C39H22N4O2/c40-23-27-8-1-2-11-29(27)24-9-7-10-28(20-24)43-34-18-16-25(38-41-32-12-3-5-14-36(32)44-38)21-30(34)31-22-26(17-19-35(31)43)39-42-33-13-4-6-15-37(33)45-39/h1-22H. The van der Waals surface area contributed by atoms with Crippen LogP contribution in [0.4, 0.5) is 0 Å². The Balaban J connectivity index is 1.28. The van der Waals surface area contributed by atoms with Crippen LogP contribution >= 0.6 is 0 Å². The summed E-state index contributed by atoms with van der Waals surface area (Å²) in [5.74, 6) is 1.15. The molecule has 6 heteroatoms. The van der Waals surface area contributed by atoms with E-state index in [1.807, 2.05) is 84.9 Å². The molecule has 0 saturated heterocycles. The SMILES string of the molecule is N#Cc1ccccc1-c1cccc(-n2c3ccc(-c4nc5ccccc5o4)cc3c3cc(-c4nc5ccccc5o4)ccc32)c1. The van der Waals surface area contributed by atoms with E-state index in [0.29, 0.717) is 17.3 Å². The first-order chi connectivity index (χ1) is 22.2. The van der Waals surface area contributed by atoms with Gasteiger partial charge in [-0.25, -0.2) is 9.97 Å². The van der Waals surface area contributed by atoms with Crippen LogP contribution in [0.1, 0.15) is 5.56 Å². The van der Waals surface area contributed by atoms with Crippen LogP contribution < -0.4 is 0 Å². The van der Waals surface area contributed by atoms with E-state index >= 15 is 0 Å². The van der Waals surface area contributed by atoms with Gasteiger partial charge in [-0.1, -0.05) is 54.6 Å². The van der Waals surface area contributed by atoms with Crippen molar-refractivity contribution in [2.45, 2.75) is 0 Å². The zero-order valence-electron chi connectivity index (χ0n) is 23.8. The van der Waals surface area contributed by atoms with Gasteiger partial charge in [0.05, 0.1) is 22.7 Å². The van der Waals surface area contributed by atoms with Crippen LogP contribution in [0.5, 0.6) is 0 Å². The van der Waals surface area contributed by atoms with Crippen molar-refractivity contribution < 1.29 is 8.83 Å². The number of hydrogen-bond acceptors (Lipinski definition) is 5. The Morgan fingerprint density at radius 3 is 1.71 bits per heavy atom. The van der Waals surface area contributed by atoms with Crippen molar-refractivity contribution in [1.82, 2.24) is 14.5 Å². The van der Waals surface area contributed by atoms with Crippen LogP contribution in [-0.4, -0.2) is 14.5 Å². The molecule has 6 aromatic carbocycles. The Morgan fingerprint density at radius 1 is 0.533 bits per heavy atom. The molecule has 0 radical (unpaired) electrons. The average molecular weight is 579 g/mol. The maximum Gasteiger partial charge on any atom is 0.227 e. The third kappa shape index (κ3) is 4.03. The molecular formula is C39H22N4O2. The van der Waals surface area contributed by atoms with E-state index in [9.17, 15) is 5.26 Å². The minimum absolute atomic E-state index is 0.573. The predicted molar refractivity (Wildman–Crippen MR) is 177 cm³/mol. The second-order valence-corrected chi connectivity index (χ2v) is 11.0. The summed E-state index contributed by atoms with van der Waals surface area (Å²) in [6, 6.07) is 46.6. The molecular weight excluding hydrogens is 556 g/mol. The van der Waals surface area contributed by atoms with Gasteiger partial charge in [-0.2, -0.15) is 5.26 Å². The summed E-state index contributed by atoms with van der Waals surface area (Å²) in [7, 11) is 0. The lowest BCUT2D eigenvalue weighted by molar-refractivity contribution is 0.619. The molecule has 6 nitrogen and oxygen atoms in total. The van der Waals surface area contributed by atoms with E-state index in [1.54, 1.807) is 0 Å². The van der Waals surface area contributed by atoms with Gasteiger partial charge in [-0.3, -0.25) is 0 Å². The first-order valence-corrected chi connectivity index (χ1v) is 14.6. The number of benzene rings is 6. The van der Waals surface area contributed by atoms with Crippen molar-refractivity contribution in [1.29, 1.82) is 5.26 Å². The molecule has 0 unspecified atom stereocenters. The van der Waals surface area contributed by atoms with Gasteiger partial charge in [0.15, 0.2) is 11.2 Å². The van der Waals surface area contributed by atoms with Crippen molar-refractivity contribution >= 4 is 44.0 Å².